The van der Waals surface area contributed by atoms with Gasteiger partial charge in [-0.25, -0.2) is 0 Å². The number of alkyl halides is 1. The van der Waals surface area contributed by atoms with Gasteiger partial charge >= 0.3 is 8.80 Å². The van der Waals surface area contributed by atoms with Gasteiger partial charge in [-0.05, 0) is 53.7 Å². The van der Waals surface area contributed by atoms with E-state index in [1.807, 2.05) is 0 Å². The van der Waals surface area contributed by atoms with Crippen molar-refractivity contribution in [2.45, 2.75) is 119 Å². The fourth-order valence-corrected chi connectivity index (χ4v) is 8.87. The molecule has 0 fully saturated rings. The first kappa shape index (κ1) is 31.9. The molecule has 43 heavy (non-hydrogen) atoms. The SMILES string of the molecule is Cc1cc2c(c(C(C)(C)C)c1)O[Si]1(CCl)Oc3c(cc(C)cc3C(C)(C)C)CN(C2)Cc2cc(C)cc(C(C)(C)C)c2O1. The molecule has 4 nitrogen and oxygen atoms in total. The summed E-state index contributed by atoms with van der Waals surface area (Å²) in [6.45, 7) is 28.9. The minimum atomic E-state index is -3.68. The monoisotopic (exact) mass is 619 g/mol. The molecule has 3 heterocycles. The molecule has 0 unspecified atom stereocenters. The van der Waals surface area contributed by atoms with Crippen molar-refractivity contribution in [3.05, 3.63) is 86.5 Å². The highest BCUT2D eigenvalue weighted by Crippen LogP contribution is 2.46. The summed E-state index contributed by atoms with van der Waals surface area (Å²) in [5.74, 6) is 2.57. The summed E-state index contributed by atoms with van der Waals surface area (Å²) in [4.78, 5) is 2.52. The standard InChI is InChI=1S/C37H50ClNO3Si/c1-23-13-26-19-39-20-27-14-24(2)17-30(36(7,8)9)33(27)41-43(22-38,40-32(26)29(16-23)35(4,5)6)42-34-28(21-39)15-25(3)18-31(34)37(10,11)12/h13-18H,19-22H2,1-12H3. The third kappa shape index (κ3) is 6.36. The summed E-state index contributed by atoms with van der Waals surface area (Å²) in [6.07, 6.45) is 0. The van der Waals surface area contributed by atoms with Gasteiger partial charge < -0.3 is 13.3 Å². The van der Waals surface area contributed by atoms with Gasteiger partial charge in [0.05, 0.1) is 0 Å². The molecule has 3 aliphatic heterocycles. The zero-order valence-corrected chi connectivity index (χ0v) is 30.1. The molecule has 0 atom stereocenters. The second-order valence-electron chi connectivity index (χ2n) is 15.9. The van der Waals surface area contributed by atoms with Crippen molar-refractivity contribution in [1.82, 2.24) is 4.90 Å². The smallest absolute Gasteiger partial charge is 0.482 e. The van der Waals surface area contributed by atoms with Gasteiger partial charge in [0.1, 0.15) is 22.8 Å². The van der Waals surface area contributed by atoms with E-state index in [1.165, 1.54) is 16.7 Å². The Bertz CT molecular complexity index is 1380. The number of aryl methyl sites for hydroxylation is 3. The van der Waals surface area contributed by atoms with Gasteiger partial charge in [-0.2, -0.15) is 0 Å². The second-order valence-corrected chi connectivity index (χ2v) is 19.0. The van der Waals surface area contributed by atoms with E-state index in [0.29, 0.717) is 0 Å². The van der Waals surface area contributed by atoms with E-state index < -0.39 is 8.80 Å². The molecule has 0 radical (unpaired) electrons. The molecule has 0 saturated carbocycles. The van der Waals surface area contributed by atoms with Crippen molar-refractivity contribution in [3.8, 4) is 17.2 Å². The van der Waals surface area contributed by atoms with Gasteiger partial charge in [0.2, 0.25) is 0 Å². The highest BCUT2D eigenvalue weighted by atomic mass is 35.5. The highest BCUT2D eigenvalue weighted by molar-refractivity contribution is 6.71. The second kappa shape index (κ2) is 10.9. The predicted molar refractivity (Wildman–Crippen MR) is 181 cm³/mol. The molecule has 0 aliphatic carbocycles. The van der Waals surface area contributed by atoms with Crippen LogP contribution in [-0.4, -0.2) is 19.2 Å². The maximum absolute atomic E-state index is 7.29. The van der Waals surface area contributed by atoms with E-state index >= 15 is 0 Å². The number of nitrogens with zero attached hydrogens (tertiary/aromatic N) is 1. The topological polar surface area (TPSA) is 30.9 Å². The fourth-order valence-electron chi connectivity index (χ4n) is 6.43. The molecule has 6 rings (SSSR count). The Hall–Kier alpha value is -2.47. The van der Waals surface area contributed by atoms with Gasteiger partial charge in [0.15, 0.2) is 0 Å². The van der Waals surface area contributed by atoms with E-state index in [1.54, 1.807) is 0 Å². The lowest BCUT2D eigenvalue weighted by atomic mass is 9.83. The summed E-state index contributed by atoms with van der Waals surface area (Å²) in [6, 6.07) is 13.6. The van der Waals surface area contributed by atoms with Crippen LogP contribution in [0.15, 0.2) is 36.4 Å². The Morgan fingerprint density at radius 1 is 0.558 bits per heavy atom. The average molecular weight is 620 g/mol. The molecule has 3 aromatic carbocycles. The largest absolute Gasteiger partial charge is 0.715 e. The van der Waals surface area contributed by atoms with Crippen LogP contribution in [0.5, 0.6) is 17.2 Å². The van der Waals surface area contributed by atoms with E-state index in [0.717, 1.165) is 70.3 Å². The summed E-state index contributed by atoms with van der Waals surface area (Å²) in [7, 11) is -3.68. The summed E-state index contributed by atoms with van der Waals surface area (Å²) in [5.41, 5.74) is 10.2. The maximum Gasteiger partial charge on any atom is 0.715 e. The Balaban J connectivity index is 1.89. The number of rotatable bonds is 1. The van der Waals surface area contributed by atoms with Gasteiger partial charge in [-0.1, -0.05) is 115 Å². The number of hydrogen-bond acceptors (Lipinski definition) is 4. The van der Waals surface area contributed by atoms with Gasteiger partial charge in [-0.15, -0.1) is 11.6 Å². The molecule has 0 saturated heterocycles. The summed E-state index contributed by atoms with van der Waals surface area (Å²) < 4.78 is 21.9. The minimum absolute atomic E-state index is 0.113. The molecule has 2 bridgehead atoms. The van der Waals surface area contributed by atoms with E-state index in [-0.39, 0.29) is 21.7 Å². The third-order valence-electron chi connectivity index (χ3n) is 8.47. The Labute approximate surface area is 266 Å². The quantitative estimate of drug-likeness (QED) is 0.200. The lowest BCUT2D eigenvalue weighted by molar-refractivity contribution is 0.205. The molecule has 0 aromatic heterocycles. The Morgan fingerprint density at radius 3 is 1.07 bits per heavy atom. The van der Waals surface area contributed by atoms with Crippen LogP contribution < -0.4 is 13.3 Å². The normalized spacial score (nSPS) is 20.4. The first-order valence-electron chi connectivity index (χ1n) is 15.6. The minimum Gasteiger partial charge on any atom is -0.482 e. The Morgan fingerprint density at radius 2 is 0.837 bits per heavy atom. The van der Waals surface area contributed by atoms with Crippen LogP contribution in [0.3, 0.4) is 0 Å². The van der Waals surface area contributed by atoms with E-state index in [9.17, 15) is 0 Å². The number of hydrogen-bond donors (Lipinski definition) is 0. The van der Waals surface area contributed by atoms with Crippen molar-refractivity contribution >= 4 is 20.4 Å². The van der Waals surface area contributed by atoms with Crippen molar-refractivity contribution in [2.24, 2.45) is 0 Å². The van der Waals surface area contributed by atoms with E-state index in [4.69, 9.17) is 24.9 Å². The zero-order valence-electron chi connectivity index (χ0n) is 28.3. The van der Waals surface area contributed by atoms with Crippen molar-refractivity contribution in [1.29, 1.82) is 0 Å². The van der Waals surface area contributed by atoms with Gasteiger partial charge in [-0.3, -0.25) is 4.90 Å². The first-order chi connectivity index (χ1) is 19.8. The first-order valence-corrected chi connectivity index (χ1v) is 18.0. The molecular weight excluding hydrogens is 570 g/mol. The molecule has 0 N–H and O–H groups in total. The van der Waals surface area contributed by atoms with Crippen LogP contribution in [0, 0.1) is 20.8 Å². The van der Waals surface area contributed by atoms with Crippen LogP contribution >= 0.6 is 11.6 Å². The number of halogens is 1. The highest BCUT2D eigenvalue weighted by Gasteiger charge is 2.53. The van der Waals surface area contributed by atoms with E-state index in [2.05, 4.69) is 124 Å². The van der Waals surface area contributed by atoms with Crippen LogP contribution in [0.2, 0.25) is 0 Å². The van der Waals surface area contributed by atoms with Crippen LogP contribution in [0.25, 0.3) is 0 Å². The van der Waals surface area contributed by atoms with Crippen molar-refractivity contribution in [2.75, 3.05) is 5.50 Å². The lowest BCUT2D eigenvalue weighted by Crippen LogP contribution is -2.59. The van der Waals surface area contributed by atoms with Crippen LogP contribution in [-0.2, 0) is 35.9 Å². The van der Waals surface area contributed by atoms with Gasteiger partial charge in [0, 0.05) is 36.3 Å². The Kier molecular flexibility index (Phi) is 8.06. The summed E-state index contributed by atoms with van der Waals surface area (Å²) in [5, 5.41) is 0. The van der Waals surface area contributed by atoms with Crippen molar-refractivity contribution in [3.63, 3.8) is 0 Å². The average Bonchev–Trinajstić information content (AvgIpc) is 2.85. The van der Waals surface area contributed by atoms with Crippen molar-refractivity contribution < 1.29 is 13.3 Å². The number of benzene rings is 3. The molecule has 6 heteroatoms. The van der Waals surface area contributed by atoms with Gasteiger partial charge in [0.25, 0.3) is 0 Å². The fraction of sp³-hybridized carbons (Fsp3) is 0.514. The molecule has 232 valence electrons. The molecule has 3 aliphatic rings. The van der Waals surface area contributed by atoms with Crippen LogP contribution in [0.1, 0.15) is 112 Å². The maximum atomic E-state index is 7.29. The molecule has 3 aromatic rings. The lowest BCUT2D eigenvalue weighted by Gasteiger charge is -2.40. The zero-order chi connectivity index (χ0) is 31.7. The molecule has 0 amide bonds. The van der Waals surface area contributed by atoms with Crippen LogP contribution in [0.4, 0.5) is 0 Å². The molecular formula is C37H50ClNO3Si. The molecule has 0 spiro atoms. The summed E-state index contributed by atoms with van der Waals surface area (Å²) >= 11 is 7.08. The predicted octanol–water partition coefficient (Wildman–Crippen LogP) is 9.59. The third-order valence-corrected chi connectivity index (χ3v) is 11.3.